The van der Waals surface area contributed by atoms with Crippen molar-refractivity contribution in [2.75, 3.05) is 6.54 Å². The lowest BCUT2D eigenvalue weighted by Gasteiger charge is -2.22. The van der Waals surface area contributed by atoms with Gasteiger partial charge in [-0.15, -0.1) is 10.2 Å². The predicted molar refractivity (Wildman–Crippen MR) is 120 cm³/mol. The Morgan fingerprint density at radius 3 is 2.52 bits per heavy atom. The summed E-state index contributed by atoms with van der Waals surface area (Å²) < 4.78 is 1.74. The molecule has 31 heavy (non-hydrogen) atoms. The molecule has 1 atom stereocenters. The van der Waals surface area contributed by atoms with Crippen molar-refractivity contribution in [2.45, 2.75) is 43.4 Å². The maximum absolute atomic E-state index is 13.2. The van der Waals surface area contributed by atoms with E-state index < -0.39 is 0 Å². The molecule has 0 saturated carbocycles. The average Bonchev–Trinajstić information content (AvgIpc) is 3.00. The van der Waals surface area contributed by atoms with Crippen LogP contribution in [0, 0.1) is 13.8 Å². The number of aryl methyl sites for hydroxylation is 2. The fraction of sp³-hybridized carbons (Fsp3) is 0.318. The number of imide groups is 1. The van der Waals surface area contributed by atoms with Crippen molar-refractivity contribution in [3.8, 4) is 5.82 Å². The summed E-state index contributed by atoms with van der Waals surface area (Å²) in [6.45, 7) is 4.30. The van der Waals surface area contributed by atoms with Crippen LogP contribution in [0.15, 0.2) is 47.5 Å². The lowest BCUT2D eigenvalue weighted by Crippen LogP contribution is -2.41. The van der Waals surface area contributed by atoms with Gasteiger partial charge in [0.05, 0.1) is 10.9 Å². The van der Waals surface area contributed by atoms with Crippen LogP contribution in [0.25, 0.3) is 5.82 Å². The minimum Gasteiger partial charge on any atom is -0.278 e. The van der Waals surface area contributed by atoms with Crippen molar-refractivity contribution in [2.24, 2.45) is 0 Å². The van der Waals surface area contributed by atoms with E-state index in [4.69, 9.17) is 11.6 Å². The standard InChI is InChI=1S/C22H22ClN5O2S/c1-14-13-15(2)28(26-14)19-10-11-20(25-24-19)31-18-5-3-4-12-27(22(18)30)21(29)16-6-8-17(23)9-7-16/h6-11,13,18H,3-5,12H2,1-2H3. The van der Waals surface area contributed by atoms with Gasteiger partial charge in [0.15, 0.2) is 5.82 Å². The van der Waals surface area contributed by atoms with Crippen molar-refractivity contribution in [3.63, 3.8) is 0 Å². The zero-order chi connectivity index (χ0) is 22.0. The van der Waals surface area contributed by atoms with Gasteiger partial charge in [0, 0.05) is 22.8 Å². The molecule has 1 aliphatic heterocycles. The molecule has 2 amide bonds. The van der Waals surface area contributed by atoms with Gasteiger partial charge in [-0.3, -0.25) is 14.5 Å². The summed E-state index contributed by atoms with van der Waals surface area (Å²) in [7, 11) is 0. The Kier molecular flexibility index (Phi) is 6.38. The van der Waals surface area contributed by atoms with E-state index in [1.807, 2.05) is 32.0 Å². The molecule has 3 heterocycles. The number of benzene rings is 1. The second kappa shape index (κ2) is 9.20. The Bertz CT molecular complexity index is 1100. The van der Waals surface area contributed by atoms with E-state index in [2.05, 4.69) is 15.3 Å². The van der Waals surface area contributed by atoms with Gasteiger partial charge in [0.1, 0.15) is 5.03 Å². The molecule has 1 fully saturated rings. The van der Waals surface area contributed by atoms with E-state index in [0.29, 0.717) is 34.4 Å². The molecule has 3 aromatic rings. The quantitative estimate of drug-likeness (QED) is 0.547. The molecule has 2 aromatic heterocycles. The molecule has 1 aliphatic rings. The maximum Gasteiger partial charge on any atom is 0.260 e. The van der Waals surface area contributed by atoms with Crippen molar-refractivity contribution in [1.82, 2.24) is 24.9 Å². The molecule has 0 radical (unpaired) electrons. The first-order valence-corrected chi connectivity index (χ1v) is 11.3. The molecule has 0 N–H and O–H groups in total. The SMILES string of the molecule is Cc1cc(C)n(-c2ccc(SC3CCCCN(C(=O)c4ccc(Cl)cc4)C3=O)nn2)n1. The molecule has 0 aliphatic carbocycles. The van der Waals surface area contributed by atoms with E-state index in [0.717, 1.165) is 24.2 Å². The van der Waals surface area contributed by atoms with Crippen molar-refractivity contribution in [1.29, 1.82) is 0 Å². The Hall–Kier alpha value is -2.71. The number of thioether (sulfide) groups is 1. The summed E-state index contributed by atoms with van der Waals surface area (Å²) in [5.41, 5.74) is 2.34. The van der Waals surface area contributed by atoms with Gasteiger partial charge in [0.2, 0.25) is 5.91 Å². The molecule has 1 unspecified atom stereocenters. The van der Waals surface area contributed by atoms with Crippen molar-refractivity contribution < 1.29 is 9.59 Å². The van der Waals surface area contributed by atoms with Crippen LogP contribution in [0.1, 0.15) is 41.0 Å². The largest absolute Gasteiger partial charge is 0.278 e. The number of halogens is 1. The van der Waals surface area contributed by atoms with Crippen LogP contribution in [0.4, 0.5) is 0 Å². The third-order valence-electron chi connectivity index (χ3n) is 5.09. The third kappa shape index (κ3) is 4.80. The van der Waals surface area contributed by atoms with E-state index >= 15 is 0 Å². The zero-order valence-corrected chi connectivity index (χ0v) is 18.9. The molecule has 9 heteroatoms. The fourth-order valence-electron chi connectivity index (χ4n) is 3.56. The molecule has 0 bridgehead atoms. The van der Waals surface area contributed by atoms with Crippen LogP contribution in [-0.2, 0) is 4.79 Å². The molecule has 160 valence electrons. The smallest absolute Gasteiger partial charge is 0.260 e. The maximum atomic E-state index is 13.2. The summed E-state index contributed by atoms with van der Waals surface area (Å²) in [4.78, 5) is 27.4. The van der Waals surface area contributed by atoms with Gasteiger partial charge >= 0.3 is 0 Å². The molecule has 7 nitrogen and oxygen atoms in total. The van der Waals surface area contributed by atoms with E-state index in [-0.39, 0.29) is 17.1 Å². The number of nitrogens with zero attached hydrogens (tertiary/aromatic N) is 5. The second-order valence-electron chi connectivity index (χ2n) is 7.47. The topological polar surface area (TPSA) is 81.0 Å². The molecule has 1 aromatic carbocycles. The fourth-order valence-corrected chi connectivity index (χ4v) is 4.73. The molecular formula is C22H22ClN5O2S. The van der Waals surface area contributed by atoms with Crippen molar-refractivity contribution in [3.05, 3.63) is 64.4 Å². The first-order valence-electron chi connectivity index (χ1n) is 10.1. The Morgan fingerprint density at radius 1 is 1.10 bits per heavy atom. The van der Waals surface area contributed by atoms with Crippen LogP contribution in [0.5, 0.6) is 0 Å². The Balaban J connectivity index is 1.49. The molecule has 4 rings (SSSR count). The van der Waals surface area contributed by atoms with Crippen LogP contribution in [0.3, 0.4) is 0 Å². The predicted octanol–water partition coefficient (Wildman–Crippen LogP) is 4.25. The van der Waals surface area contributed by atoms with Gasteiger partial charge in [-0.1, -0.05) is 29.8 Å². The van der Waals surface area contributed by atoms with Crippen LogP contribution in [-0.4, -0.2) is 48.5 Å². The number of hydrogen-bond donors (Lipinski definition) is 0. The van der Waals surface area contributed by atoms with Crippen molar-refractivity contribution >= 4 is 35.2 Å². The highest BCUT2D eigenvalue weighted by Crippen LogP contribution is 2.29. The summed E-state index contributed by atoms with van der Waals surface area (Å²) in [5.74, 6) is 0.147. The van der Waals surface area contributed by atoms with Gasteiger partial charge in [-0.05, 0) is 69.2 Å². The molecular weight excluding hydrogens is 434 g/mol. The highest BCUT2D eigenvalue weighted by molar-refractivity contribution is 8.00. The first-order chi connectivity index (χ1) is 14.9. The van der Waals surface area contributed by atoms with E-state index in [1.54, 1.807) is 28.9 Å². The zero-order valence-electron chi connectivity index (χ0n) is 17.3. The minimum atomic E-state index is -0.382. The number of rotatable bonds is 4. The number of carbonyl (C=O) groups is 2. The first kappa shape index (κ1) is 21.5. The minimum absolute atomic E-state index is 0.188. The normalized spacial score (nSPS) is 16.9. The van der Waals surface area contributed by atoms with Gasteiger partial charge in [-0.2, -0.15) is 5.10 Å². The number of likely N-dealkylation sites (tertiary alicyclic amines) is 1. The number of carbonyl (C=O) groups excluding carboxylic acids is 2. The van der Waals surface area contributed by atoms with Gasteiger partial charge in [-0.25, -0.2) is 4.68 Å². The highest BCUT2D eigenvalue weighted by Gasteiger charge is 2.32. The molecule has 0 spiro atoms. The Labute approximate surface area is 189 Å². The third-order valence-corrected chi connectivity index (χ3v) is 6.52. The van der Waals surface area contributed by atoms with Crippen LogP contribution < -0.4 is 0 Å². The van der Waals surface area contributed by atoms with Crippen LogP contribution in [0.2, 0.25) is 5.02 Å². The van der Waals surface area contributed by atoms with Gasteiger partial charge < -0.3 is 0 Å². The molecule has 1 saturated heterocycles. The second-order valence-corrected chi connectivity index (χ2v) is 9.13. The van der Waals surface area contributed by atoms with Gasteiger partial charge in [0.25, 0.3) is 5.91 Å². The average molecular weight is 456 g/mol. The number of amides is 2. The lowest BCUT2D eigenvalue weighted by molar-refractivity contribution is -0.127. The van der Waals surface area contributed by atoms with E-state index in [9.17, 15) is 9.59 Å². The summed E-state index contributed by atoms with van der Waals surface area (Å²) in [5, 5.41) is 13.8. The number of aromatic nitrogens is 4. The lowest BCUT2D eigenvalue weighted by atomic mass is 10.2. The number of hydrogen-bond acceptors (Lipinski definition) is 6. The summed E-state index contributed by atoms with van der Waals surface area (Å²) in [6, 6.07) is 12.3. The Morgan fingerprint density at radius 2 is 1.87 bits per heavy atom. The van der Waals surface area contributed by atoms with Crippen LogP contribution >= 0.6 is 23.4 Å². The monoisotopic (exact) mass is 455 g/mol. The summed E-state index contributed by atoms with van der Waals surface area (Å²) >= 11 is 7.27. The van der Waals surface area contributed by atoms with E-state index in [1.165, 1.54) is 16.7 Å². The highest BCUT2D eigenvalue weighted by atomic mass is 35.5. The summed E-state index contributed by atoms with van der Waals surface area (Å²) in [6.07, 6.45) is 2.34.